The zero-order valence-electron chi connectivity index (χ0n) is 17.8. The summed E-state index contributed by atoms with van der Waals surface area (Å²) in [6.07, 6.45) is 2.27. The summed E-state index contributed by atoms with van der Waals surface area (Å²) in [5, 5.41) is 2.78. The van der Waals surface area contributed by atoms with E-state index in [0.29, 0.717) is 17.5 Å². The molecule has 3 amide bonds. The monoisotopic (exact) mass is 455 g/mol. The van der Waals surface area contributed by atoms with Gasteiger partial charge in [0.25, 0.3) is 11.8 Å². The van der Waals surface area contributed by atoms with Gasteiger partial charge in [-0.05, 0) is 56.0 Å². The third-order valence-corrected chi connectivity index (χ3v) is 7.07. The van der Waals surface area contributed by atoms with Crippen molar-refractivity contribution in [2.75, 3.05) is 6.54 Å². The number of hydrogen-bond donors (Lipinski definition) is 2. The lowest BCUT2D eigenvalue weighted by Gasteiger charge is -2.13. The maximum atomic E-state index is 12.5. The Labute approximate surface area is 187 Å². The molecule has 0 atom stereocenters. The van der Waals surface area contributed by atoms with Gasteiger partial charge in [-0.25, -0.2) is 13.1 Å². The molecule has 0 radical (unpaired) electrons. The molecule has 168 valence electrons. The lowest BCUT2D eigenvalue weighted by molar-refractivity contribution is -0.121. The minimum Gasteiger partial charge on any atom is -0.352 e. The summed E-state index contributed by atoms with van der Waals surface area (Å²) in [6, 6.07) is 11.6. The molecule has 2 aromatic carbocycles. The van der Waals surface area contributed by atoms with Crippen LogP contribution in [0.15, 0.2) is 47.4 Å². The van der Waals surface area contributed by atoms with Gasteiger partial charge < -0.3 is 5.32 Å². The first-order chi connectivity index (χ1) is 15.2. The van der Waals surface area contributed by atoms with E-state index in [1.807, 2.05) is 6.92 Å². The van der Waals surface area contributed by atoms with Crippen LogP contribution in [-0.2, 0) is 21.4 Å². The summed E-state index contributed by atoms with van der Waals surface area (Å²) in [4.78, 5) is 38.4. The zero-order chi connectivity index (χ0) is 22.9. The van der Waals surface area contributed by atoms with E-state index in [-0.39, 0.29) is 48.2 Å². The van der Waals surface area contributed by atoms with E-state index in [1.165, 1.54) is 17.0 Å². The molecular formula is C23H25N3O5S. The largest absolute Gasteiger partial charge is 0.352 e. The maximum absolute atomic E-state index is 12.5. The molecule has 1 heterocycles. The van der Waals surface area contributed by atoms with E-state index < -0.39 is 10.0 Å². The van der Waals surface area contributed by atoms with Crippen molar-refractivity contribution in [2.24, 2.45) is 0 Å². The average molecular weight is 456 g/mol. The van der Waals surface area contributed by atoms with Crippen LogP contribution in [0.3, 0.4) is 0 Å². The third-order valence-electron chi connectivity index (χ3n) is 5.53. The van der Waals surface area contributed by atoms with Crippen LogP contribution in [0.5, 0.6) is 0 Å². The topological polar surface area (TPSA) is 113 Å². The summed E-state index contributed by atoms with van der Waals surface area (Å²) >= 11 is 0. The highest BCUT2D eigenvalue weighted by atomic mass is 32.2. The number of carbonyl (C=O) groups excluding carboxylic acids is 3. The number of fused-ring (bicyclic) bond motifs is 1. The number of sulfonamides is 1. The summed E-state index contributed by atoms with van der Waals surface area (Å²) < 4.78 is 27.0. The SMILES string of the molecule is Cc1ccc2c(c1)C(=O)N(CCCC(=O)NCc1ccc(S(=O)(=O)NC3CC3)cc1)C2=O. The molecule has 2 N–H and O–H groups in total. The number of aryl methyl sites for hydroxylation is 1. The minimum absolute atomic E-state index is 0.0448. The number of carbonyl (C=O) groups is 3. The Morgan fingerprint density at radius 3 is 2.41 bits per heavy atom. The fraction of sp³-hybridized carbons (Fsp3) is 0.348. The first kappa shape index (κ1) is 22.2. The van der Waals surface area contributed by atoms with Crippen LogP contribution in [0, 0.1) is 6.92 Å². The van der Waals surface area contributed by atoms with Crippen LogP contribution in [0.4, 0.5) is 0 Å². The van der Waals surface area contributed by atoms with Gasteiger partial charge in [0.05, 0.1) is 16.0 Å². The molecule has 0 bridgehead atoms. The van der Waals surface area contributed by atoms with Crippen molar-refractivity contribution in [3.8, 4) is 0 Å². The highest BCUT2D eigenvalue weighted by molar-refractivity contribution is 7.89. The number of amides is 3. The minimum atomic E-state index is -3.49. The van der Waals surface area contributed by atoms with Gasteiger partial charge in [0.1, 0.15) is 0 Å². The van der Waals surface area contributed by atoms with Crippen molar-refractivity contribution in [2.45, 2.75) is 50.1 Å². The zero-order valence-corrected chi connectivity index (χ0v) is 18.6. The Morgan fingerprint density at radius 1 is 1.03 bits per heavy atom. The van der Waals surface area contributed by atoms with Crippen molar-refractivity contribution < 1.29 is 22.8 Å². The van der Waals surface area contributed by atoms with Crippen molar-refractivity contribution in [3.63, 3.8) is 0 Å². The van der Waals surface area contributed by atoms with Gasteiger partial charge in [0.2, 0.25) is 15.9 Å². The molecule has 4 rings (SSSR count). The maximum Gasteiger partial charge on any atom is 0.261 e. The quantitative estimate of drug-likeness (QED) is 0.563. The second kappa shape index (κ2) is 8.84. The van der Waals surface area contributed by atoms with E-state index >= 15 is 0 Å². The first-order valence-corrected chi connectivity index (χ1v) is 12.1. The normalized spacial score (nSPS) is 15.7. The number of benzene rings is 2. The molecule has 0 aromatic heterocycles. The Kier molecular flexibility index (Phi) is 6.12. The van der Waals surface area contributed by atoms with Gasteiger partial charge in [-0.1, -0.05) is 23.8 Å². The fourth-order valence-electron chi connectivity index (χ4n) is 3.57. The molecule has 8 nitrogen and oxygen atoms in total. The second-order valence-corrected chi connectivity index (χ2v) is 9.94. The summed E-state index contributed by atoms with van der Waals surface area (Å²) in [7, 11) is -3.49. The van der Waals surface area contributed by atoms with Crippen LogP contribution >= 0.6 is 0 Å². The van der Waals surface area contributed by atoms with Crippen molar-refractivity contribution in [3.05, 3.63) is 64.7 Å². The number of hydrogen-bond acceptors (Lipinski definition) is 5. The Balaban J connectivity index is 1.23. The van der Waals surface area contributed by atoms with Gasteiger partial charge in [-0.2, -0.15) is 0 Å². The Morgan fingerprint density at radius 2 is 1.72 bits per heavy atom. The Bertz CT molecular complexity index is 1170. The average Bonchev–Trinajstić information content (AvgIpc) is 3.54. The predicted molar refractivity (Wildman–Crippen MR) is 117 cm³/mol. The van der Waals surface area contributed by atoms with Crippen LogP contribution in [0.2, 0.25) is 0 Å². The molecule has 0 spiro atoms. The number of rotatable bonds is 9. The molecule has 1 aliphatic carbocycles. The van der Waals surface area contributed by atoms with Gasteiger partial charge in [-0.3, -0.25) is 19.3 Å². The van der Waals surface area contributed by atoms with Crippen molar-refractivity contribution in [1.82, 2.24) is 14.9 Å². The Hall–Kier alpha value is -3.04. The smallest absolute Gasteiger partial charge is 0.261 e. The summed E-state index contributed by atoms with van der Waals surface area (Å²) in [5.41, 5.74) is 2.51. The molecule has 1 fully saturated rings. The molecule has 9 heteroatoms. The summed E-state index contributed by atoms with van der Waals surface area (Å²) in [6.45, 7) is 2.31. The van der Waals surface area contributed by atoms with Crippen molar-refractivity contribution >= 4 is 27.7 Å². The lowest BCUT2D eigenvalue weighted by Crippen LogP contribution is -2.32. The lowest BCUT2D eigenvalue weighted by atomic mass is 10.1. The molecule has 1 aliphatic heterocycles. The van der Waals surface area contributed by atoms with E-state index in [4.69, 9.17) is 0 Å². The number of nitrogens with zero attached hydrogens (tertiary/aromatic N) is 1. The van der Waals surface area contributed by atoms with Gasteiger partial charge in [0.15, 0.2) is 0 Å². The molecule has 2 aromatic rings. The number of nitrogens with one attached hydrogen (secondary N) is 2. The number of imide groups is 1. The highest BCUT2D eigenvalue weighted by Crippen LogP contribution is 2.24. The third kappa shape index (κ3) is 4.89. The van der Waals surface area contributed by atoms with Gasteiger partial charge >= 0.3 is 0 Å². The molecule has 0 unspecified atom stereocenters. The first-order valence-electron chi connectivity index (χ1n) is 10.6. The molecule has 2 aliphatic rings. The van der Waals surface area contributed by atoms with E-state index in [1.54, 1.807) is 30.3 Å². The standard InChI is InChI=1S/C23H25N3O5S/c1-15-4-11-19-20(13-15)23(29)26(22(19)28)12-2-3-21(27)24-14-16-5-9-18(10-6-16)32(30,31)25-17-7-8-17/h4-6,9-11,13,17,25H,2-3,7-8,12,14H2,1H3,(H,24,27). The van der Waals surface area contributed by atoms with Crippen LogP contribution in [-0.4, -0.2) is 43.6 Å². The molecular weight excluding hydrogens is 430 g/mol. The molecule has 32 heavy (non-hydrogen) atoms. The van der Waals surface area contributed by atoms with Gasteiger partial charge in [0, 0.05) is 25.6 Å². The molecule has 1 saturated carbocycles. The second-order valence-electron chi connectivity index (χ2n) is 8.23. The highest BCUT2D eigenvalue weighted by Gasteiger charge is 2.35. The summed E-state index contributed by atoms with van der Waals surface area (Å²) in [5.74, 6) is -0.846. The van der Waals surface area contributed by atoms with Gasteiger partial charge in [-0.15, -0.1) is 0 Å². The molecule has 0 saturated heterocycles. The van der Waals surface area contributed by atoms with Crippen LogP contribution < -0.4 is 10.0 Å². The van der Waals surface area contributed by atoms with Crippen LogP contribution in [0.1, 0.15) is 57.5 Å². The van der Waals surface area contributed by atoms with E-state index in [0.717, 1.165) is 24.0 Å². The van der Waals surface area contributed by atoms with E-state index in [9.17, 15) is 22.8 Å². The van der Waals surface area contributed by atoms with Crippen molar-refractivity contribution in [1.29, 1.82) is 0 Å². The van der Waals surface area contributed by atoms with E-state index in [2.05, 4.69) is 10.0 Å². The van der Waals surface area contributed by atoms with Crippen LogP contribution in [0.25, 0.3) is 0 Å². The predicted octanol–water partition coefficient (Wildman–Crippen LogP) is 2.13. The fourth-order valence-corrected chi connectivity index (χ4v) is 4.87.